The summed E-state index contributed by atoms with van der Waals surface area (Å²) < 4.78 is 12.4. The summed E-state index contributed by atoms with van der Waals surface area (Å²) in [6.45, 7) is 19.3. The summed E-state index contributed by atoms with van der Waals surface area (Å²) in [5.74, 6) is -0.0794. The first kappa shape index (κ1) is 23.1. The molecule has 0 amide bonds. The van der Waals surface area contributed by atoms with Gasteiger partial charge in [-0.15, -0.1) is 0 Å². The largest absolute Gasteiger partial charge is 0.520 e. The molecule has 1 aromatic carbocycles. The van der Waals surface area contributed by atoms with Crippen molar-refractivity contribution in [3.8, 4) is 0 Å². The maximum absolute atomic E-state index is 13.1. The highest BCUT2D eigenvalue weighted by Gasteiger charge is 2.43. The third kappa shape index (κ3) is 8.62. The van der Waals surface area contributed by atoms with Crippen LogP contribution in [0.1, 0.15) is 5.56 Å². The van der Waals surface area contributed by atoms with Gasteiger partial charge in [-0.25, -0.2) is 0 Å². The lowest BCUT2D eigenvalue weighted by Crippen LogP contribution is -2.47. The van der Waals surface area contributed by atoms with E-state index in [1.807, 2.05) is 18.2 Å². The van der Waals surface area contributed by atoms with Crippen LogP contribution in [-0.2, 0) is 13.6 Å². The van der Waals surface area contributed by atoms with Crippen LogP contribution in [0.25, 0.3) is 6.08 Å². The van der Waals surface area contributed by atoms with Gasteiger partial charge in [0.15, 0.2) is 8.32 Å². The van der Waals surface area contributed by atoms with Gasteiger partial charge in [0.25, 0.3) is 5.97 Å². The van der Waals surface area contributed by atoms with Crippen molar-refractivity contribution in [2.45, 2.75) is 70.6 Å². The Labute approximate surface area is 163 Å². The van der Waals surface area contributed by atoms with E-state index < -0.39 is 24.7 Å². The average Bonchev–Trinajstić information content (AvgIpc) is 2.40. The van der Waals surface area contributed by atoms with E-state index in [9.17, 15) is 4.79 Å². The molecule has 1 aromatic rings. The van der Waals surface area contributed by atoms with Crippen LogP contribution < -0.4 is 0 Å². The van der Waals surface area contributed by atoms with Gasteiger partial charge in [-0.3, -0.25) is 4.79 Å². The number of rotatable bonds is 8. The molecule has 0 radical (unpaired) electrons. The molecule has 0 aliphatic carbocycles. The van der Waals surface area contributed by atoms with Gasteiger partial charge in [0, 0.05) is 0 Å². The third-order valence-electron chi connectivity index (χ3n) is 3.69. The van der Waals surface area contributed by atoms with E-state index in [-0.39, 0.29) is 17.6 Å². The van der Waals surface area contributed by atoms with Crippen LogP contribution in [0.5, 0.6) is 0 Å². The summed E-state index contributed by atoms with van der Waals surface area (Å²) in [7, 11) is -5.64. The van der Waals surface area contributed by atoms with Crippen LogP contribution in [0.3, 0.4) is 0 Å². The molecule has 0 bridgehead atoms. The lowest BCUT2D eigenvalue weighted by molar-refractivity contribution is -0.136. The first-order chi connectivity index (χ1) is 11.7. The van der Waals surface area contributed by atoms with Crippen molar-refractivity contribution < 1.29 is 13.6 Å². The molecule has 0 saturated carbocycles. The highest BCUT2D eigenvalue weighted by atomic mass is 28.4. The number of benzene rings is 1. The molecule has 0 heterocycles. The van der Waals surface area contributed by atoms with E-state index in [1.165, 1.54) is 0 Å². The molecule has 1 rings (SSSR count). The Morgan fingerprint density at radius 2 is 1.42 bits per heavy atom. The first-order valence-electron chi connectivity index (χ1n) is 9.33. The lowest BCUT2D eigenvalue weighted by atomic mass is 10.1. The van der Waals surface area contributed by atoms with Crippen LogP contribution >= 0.6 is 0 Å². The van der Waals surface area contributed by atoms with Gasteiger partial charge >= 0.3 is 0 Å². The highest BCUT2D eigenvalue weighted by molar-refractivity contribution is 6.81. The van der Waals surface area contributed by atoms with Crippen molar-refractivity contribution in [2.24, 2.45) is 0 Å². The Bertz CT molecular complexity index is 608. The zero-order valence-corrected chi connectivity index (χ0v) is 20.9. The Kier molecular flexibility index (Phi) is 7.83. The van der Waals surface area contributed by atoms with E-state index in [2.05, 4.69) is 83.2 Å². The van der Waals surface area contributed by atoms with E-state index in [0.717, 1.165) is 5.56 Å². The topological polar surface area (TPSA) is 35.5 Å². The van der Waals surface area contributed by atoms with Crippen molar-refractivity contribution in [3.63, 3.8) is 0 Å². The van der Waals surface area contributed by atoms with Gasteiger partial charge in [0.1, 0.15) is 0 Å². The maximum atomic E-state index is 13.1. The van der Waals surface area contributed by atoms with Crippen LogP contribution in [0.15, 0.2) is 36.4 Å². The standard InChI is InChI=1S/C20H36O3Si3/c1-24(2,3)19(20(21)23-26(7,8)9)18(22-25(4,5)6)16-15-17-13-11-10-12-14-17/h10-16,18-19H,1-9H3/b16-15+/t18-,19+/m1/s1. The monoisotopic (exact) mass is 408 g/mol. The van der Waals surface area contributed by atoms with E-state index in [0.29, 0.717) is 0 Å². The van der Waals surface area contributed by atoms with Crippen LogP contribution in [0.4, 0.5) is 0 Å². The SMILES string of the molecule is C[Si](C)(C)OC(=O)[C@H]([C@@H](/C=C/c1ccccc1)O[Si](C)(C)C)[Si](C)(C)C. The fraction of sp³-hybridized carbons (Fsp3) is 0.550. The van der Waals surface area contributed by atoms with E-state index >= 15 is 0 Å². The minimum Gasteiger partial charge on any atom is -0.520 e. The molecule has 0 aromatic heterocycles. The summed E-state index contributed by atoms with van der Waals surface area (Å²) in [6.07, 6.45) is 3.90. The molecule has 6 heteroatoms. The molecular formula is C20H36O3Si3. The minimum atomic E-state index is -1.95. The Hall–Kier alpha value is -0.959. The van der Waals surface area contributed by atoms with Crippen molar-refractivity contribution in [2.75, 3.05) is 0 Å². The zero-order chi connectivity index (χ0) is 20.2. The quantitative estimate of drug-likeness (QED) is 0.494. The van der Waals surface area contributed by atoms with Crippen molar-refractivity contribution >= 4 is 36.8 Å². The molecule has 0 aliphatic heterocycles. The summed E-state index contributed by atoms with van der Waals surface area (Å²) in [6, 6.07) is 10.2. The third-order valence-corrected chi connectivity index (χ3v) is 7.91. The predicted octanol–water partition coefficient (Wildman–Crippen LogP) is 6.01. The molecule has 26 heavy (non-hydrogen) atoms. The Balaban J connectivity index is 3.24. The molecule has 0 saturated heterocycles. The van der Waals surface area contributed by atoms with Crippen LogP contribution in [0.2, 0.25) is 64.5 Å². The van der Waals surface area contributed by atoms with Gasteiger partial charge < -0.3 is 8.85 Å². The van der Waals surface area contributed by atoms with E-state index in [4.69, 9.17) is 8.85 Å². The second-order valence-corrected chi connectivity index (χ2v) is 24.1. The first-order valence-corrected chi connectivity index (χ1v) is 19.7. The van der Waals surface area contributed by atoms with Gasteiger partial charge in [-0.1, -0.05) is 62.1 Å². The second kappa shape index (κ2) is 8.82. The van der Waals surface area contributed by atoms with Crippen molar-refractivity contribution in [1.29, 1.82) is 0 Å². The predicted molar refractivity (Wildman–Crippen MR) is 120 cm³/mol. The molecule has 2 atom stereocenters. The Morgan fingerprint density at radius 1 is 0.885 bits per heavy atom. The minimum absolute atomic E-state index is 0.0794. The second-order valence-electron chi connectivity index (χ2n) is 9.84. The average molecular weight is 409 g/mol. The van der Waals surface area contributed by atoms with Gasteiger partial charge in [-0.2, -0.15) is 0 Å². The molecule has 0 fully saturated rings. The summed E-state index contributed by atoms with van der Waals surface area (Å²) in [5, 5.41) is 0. The number of hydrogen-bond donors (Lipinski definition) is 0. The molecule has 0 unspecified atom stereocenters. The number of carbonyl (C=O) groups is 1. The van der Waals surface area contributed by atoms with Crippen LogP contribution in [0, 0.1) is 0 Å². The fourth-order valence-electron chi connectivity index (χ4n) is 2.74. The molecule has 146 valence electrons. The number of hydrogen-bond acceptors (Lipinski definition) is 3. The number of carbonyl (C=O) groups excluding carboxylic acids is 1. The van der Waals surface area contributed by atoms with Crippen molar-refractivity contribution in [1.82, 2.24) is 0 Å². The summed E-state index contributed by atoms with van der Waals surface area (Å²) in [5.41, 5.74) is 0.908. The lowest BCUT2D eigenvalue weighted by Gasteiger charge is -2.37. The zero-order valence-electron chi connectivity index (χ0n) is 17.9. The molecule has 3 nitrogen and oxygen atoms in total. The molecule has 0 spiro atoms. The summed E-state index contributed by atoms with van der Waals surface area (Å²) in [4.78, 5) is 13.1. The van der Waals surface area contributed by atoms with Gasteiger partial charge in [0.2, 0.25) is 8.32 Å². The Morgan fingerprint density at radius 3 is 1.85 bits per heavy atom. The van der Waals surface area contributed by atoms with Crippen LogP contribution in [-0.4, -0.2) is 36.8 Å². The molecule has 0 N–H and O–H groups in total. The smallest absolute Gasteiger partial charge is 0.295 e. The van der Waals surface area contributed by atoms with Crippen molar-refractivity contribution in [3.05, 3.63) is 42.0 Å². The fourth-order valence-corrected chi connectivity index (χ4v) is 6.69. The van der Waals surface area contributed by atoms with Gasteiger partial charge in [-0.05, 0) is 44.8 Å². The molecular weight excluding hydrogens is 372 g/mol. The molecule has 0 aliphatic rings. The summed E-state index contributed by atoms with van der Waals surface area (Å²) >= 11 is 0. The normalized spacial score (nSPS) is 15.7. The van der Waals surface area contributed by atoms with Gasteiger partial charge in [0.05, 0.1) is 19.7 Å². The maximum Gasteiger partial charge on any atom is 0.295 e. The van der Waals surface area contributed by atoms with E-state index in [1.54, 1.807) is 0 Å². The highest BCUT2D eigenvalue weighted by Crippen LogP contribution is 2.33.